The Kier molecular flexibility index (Phi) is 26.2. The standard InChI is InChI=1S/C64H84N12O22S2/c1-31-26-75-52(53(31)83)60(90)66-25-39(78)22-42(67-56(86)36-11-9-35(10-12-36)43-30-76-64(68-43)99-61(72-76)37-13-16-41(17-14-37)94-20-8-6-5-7-19-73-27-32(2)95-33(3)28-73)57(87)69-49(34(4)77)62(91)74-29-40(79)23-44(74)58(88)71-51(59(89)70-50(63(75)92)46(81)24-48(65)82)55(85)54(84)38-15-18-45(80)47(21-38)96-100-98-97-93/h9-18,21,30-34,39-40,42,44,46,49-55,77-81,83-85,93H,5-8,19-20,22-29H2,1-4H3,(H2,65,82)(H,66,90)(H,67,86)(H,69,87)(H,70,89)(H,71,88)/t31?,32-,33+,34?,39?,40?,42?,44?,46?,49?,50?,51?,52?,53?,54?,55?. The van der Waals surface area contributed by atoms with E-state index in [1.165, 1.54) is 30.4 Å². The van der Waals surface area contributed by atoms with Gasteiger partial charge in [0.05, 0.1) is 67.6 Å². The van der Waals surface area contributed by atoms with Gasteiger partial charge < -0.3 is 96.6 Å². The van der Waals surface area contributed by atoms with Crippen molar-refractivity contribution in [3.05, 3.63) is 84.1 Å². The number of nitrogens with one attached hydrogen (secondary N) is 5. The van der Waals surface area contributed by atoms with Crippen LogP contribution in [0.2, 0.25) is 0 Å². The molecule has 0 spiro atoms. The van der Waals surface area contributed by atoms with Crippen LogP contribution >= 0.6 is 23.7 Å². The maximum Gasteiger partial charge on any atom is 0.261 e. The highest BCUT2D eigenvalue weighted by molar-refractivity contribution is 7.90. The second kappa shape index (κ2) is 34.4. The lowest BCUT2D eigenvalue weighted by Crippen LogP contribution is -2.64. The van der Waals surface area contributed by atoms with Gasteiger partial charge in [0, 0.05) is 68.2 Å². The molecular weight excluding hydrogens is 1350 g/mol. The summed E-state index contributed by atoms with van der Waals surface area (Å²) in [4.78, 5) is 123. The van der Waals surface area contributed by atoms with Gasteiger partial charge in [0.2, 0.25) is 46.3 Å². The number of rotatable bonds is 23. The second-order valence-corrected chi connectivity index (χ2v) is 26.9. The molecule has 544 valence electrons. The van der Waals surface area contributed by atoms with Crippen LogP contribution in [-0.2, 0) is 47.7 Å². The molecule has 8 amide bonds. The third kappa shape index (κ3) is 19.0. The average molecular weight is 1440 g/mol. The number of amides is 8. The lowest BCUT2D eigenvalue weighted by molar-refractivity contribution is -0.433. The van der Waals surface area contributed by atoms with Crippen LogP contribution in [0.15, 0.2) is 72.9 Å². The monoisotopic (exact) mass is 1440 g/mol. The minimum absolute atomic E-state index is 0.0133. The second-order valence-electron chi connectivity index (χ2n) is 25.5. The van der Waals surface area contributed by atoms with E-state index < -0.39 is 183 Å². The number of ether oxygens (including phenoxy) is 2. The van der Waals surface area contributed by atoms with Gasteiger partial charge in [-0.05, 0) is 94.3 Å². The highest BCUT2D eigenvalue weighted by Crippen LogP contribution is 2.35. The Morgan fingerprint density at radius 3 is 2.13 bits per heavy atom. The van der Waals surface area contributed by atoms with Crippen molar-refractivity contribution in [1.29, 1.82) is 0 Å². The van der Waals surface area contributed by atoms with E-state index in [0.717, 1.165) is 91.6 Å². The lowest BCUT2D eigenvalue weighted by Gasteiger charge is -2.35. The molecule has 36 heteroatoms. The molecule has 16 atom stereocenters. The molecule has 100 heavy (non-hydrogen) atoms. The van der Waals surface area contributed by atoms with Gasteiger partial charge in [0.25, 0.3) is 18.2 Å². The van der Waals surface area contributed by atoms with Gasteiger partial charge in [-0.1, -0.05) is 58.7 Å². The number of nitrogens with zero attached hydrogens (tertiary/aromatic N) is 6. The fourth-order valence-electron chi connectivity index (χ4n) is 12.6. The molecule has 34 nitrogen and oxygen atoms in total. The molecule has 2 aromatic heterocycles. The largest absolute Gasteiger partial charge is 0.504 e. The smallest absolute Gasteiger partial charge is 0.261 e. The Morgan fingerprint density at radius 1 is 0.780 bits per heavy atom. The molecule has 3 aromatic carbocycles. The van der Waals surface area contributed by atoms with E-state index in [9.17, 15) is 79.2 Å². The van der Waals surface area contributed by atoms with E-state index in [1.54, 1.807) is 22.8 Å². The zero-order valence-electron chi connectivity index (χ0n) is 55.0. The number of aliphatic hydroxyl groups excluding tert-OH is 7. The highest BCUT2D eigenvalue weighted by Gasteiger charge is 2.50. The van der Waals surface area contributed by atoms with Gasteiger partial charge in [-0.3, -0.25) is 43.3 Å². The minimum atomic E-state index is -2.53. The fourth-order valence-corrected chi connectivity index (χ4v) is 13.7. The Balaban J connectivity index is 0.923. The number of unbranched alkanes of at least 4 members (excludes halogenated alkanes) is 3. The van der Waals surface area contributed by atoms with E-state index >= 15 is 0 Å². The number of hydrogen-bond acceptors (Lipinski definition) is 27. The molecule has 16 N–H and O–H groups in total. The number of β-amino-alcohol motifs (C(OH)–C–C–N with tert-alkyl or cyclic N) is 1. The third-order valence-corrected chi connectivity index (χ3v) is 19.0. The maximum absolute atomic E-state index is 14.7. The normalized spacial score (nSPS) is 26.6. The maximum atomic E-state index is 14.7. The number of phenols is 1. The number of carbonyl (C=O) groups excluding carboxylic acids is 8. The lowest BCUT2D eigenvalue weighted by atomic mass is 9.96. The molecule has 0 saturated carbocycles. The van der Waals surface area contributed by atoms with Crippen molar-refractivity contribution in [2.24, 2.45) is 11.7 Å². The molecule has 14 unspecified atom stereocenters. The van der Waals surface area contributed by atoms with Crippen molar-refractivity contribution in [2.75, 3.05) is 45.9 Å². The van der Waals surface area contributed by atoms with E-state index in [0.29, 0.717) is 27.8 Å². The number of imidazole rings is 1. The summed E-state index contributed by atoms with van der Waals surface area (Å²) >= 11 is 1.33. The van der Waals surface area contributed by atoms with Crippen molar-refractivity contribution in [2.45, 2.75) is 164 Å². The first-order chi connectivity index (χ1) is 47.7. The van der Waals surface area contributed by atoms with Gasteiger partial charge in [-0.25, -0.2) is 14.8 Å². The number of carbonyl (C=O) groups is 8. The number of phenolic OH excluding ortho intramolecular Hbond substituents is 1. The summed E-state index contributed by atoms with van der Waals surface area (Å²) in [6.07, 6.45) is -9.68. The summed E-state index contributed by atoms with van der Waals surface area (Å²) in [6, 6.07) is 4.31. The average Bonchev–Trinajstić information content (AvgIpc) is 1.62. The Labute approximate surface area is 581 Å². The quantitative estimate of drug-likeness (QED) is 0.0154. The number of aromatic nitrogens is 3. The van der Waals surface area contributed by atoms with Gasteiger partial charge in [0.1, 0.15) is 59.2 Å². The molecule has 4 aliphatic heterocycles. The van der Waals surface area contributed by atoms with Crippen LogP contribution in [0.4, 0.5) is 0 Å². The first kappa shape index (κ1) is 76.0. The number of benzene rings is 3. The number of morpholine rings is 1. The van der Waals surface area contributed by atoms with E-state index in [-0.39, 0.29) is 35.7 Å². The van der Waals surface area contributed by atoms with Gasteiger partial charge in [-0.2, -0.15) is 5.10 Å². The van der Waals surface area contributed by atoms with Crippen LogP contribution < -0.4 is 41.2 Å². The van der Waals surface area contributed by atoms with Crippen molar-refractivity contribution in [1.82, 2.24) is 55.9 Å². The number of hydrogen-bond donors (Lipinski definition) is 15. The molecule has 4 aliphatic rings. The summed E-state index contributed by atoms with van der Waals surface area (Å²) < 4.78 is 22.7. The van der Waals surface area contributed by atoms with Crippen molar-refractivity contribution in [3.8, 4) is 39.1 Å². The van der Waals surface area contributed by atoms with Gasteiger partial charge in [0.15, 0.2) is 11.5 Å². The Bertz CT molecular complexity index is 3640. The van der Waals surface area contributed by atoms with Crippen LogP contribution in [0.25, 0.3) is 26.8 Å². The fraction of sp³-hybridized carbons (Fsp3) is 0.531. The van der Waals surface area contributed by atoms with E-state index in [2.05, 4.69) is 54.7 Å². The molecule has 0 aliphatic carbocycles. The summed E-state index contributed by atoms with van der Waals surface area (Å²) in [5, 5.41) is 120. The Hall–Kier alpha value is -8.21. The predicted octanol–water partition coefficient (Wildman–Crippen LogP) is -1.44. The molecule has 9 rings (SSSR count). The number of aromatic hydroxyl groups is 1. The molecule has 5 aromatic rings. The number of primary amides is 1. The summed E-state index contributed by atoms with van der Waals surface area (Å²) in [6.45, 7) is 8.52. The topological polar surface area (TPSA) is 491 Å². The van der Waals surface area contributed by atoms with Crippen molar-refractivity contribution >= 4 is 75.9 Å². The van der Waals surface area contributed by atoms with Crippen molar-refractivity contribution < 1.29 is 107 Å². The number of nitrogens with two attached hydrogens (primary N) is 1. The van der Waals surface area contributed by atoms with E-state index in [1.807, 2.05) is 24.3 Å². The van der Waals surface area contributed by atoms with Crippen LogP contribution in [-0.4, -0.2) is 254 Å². The Morgan fingerprint density at radius 2 is 1.45 bits per heavy atom. The SMILES string of the molecule is CC(O)C1NC(=O)C(NC(=O)c2ccc(-c3cn4nc(-c5ccc(OCCCCCCN6C[C@@H](C)O[C@@H](C)C6)cc5)sc4n3)cc2)CC(O)CNC(=O)C2C(O)C(C)CN2C(=O)C(C(O)CC(N)=O)NC(=O)C(C(O)C(O)c2ccc(O)c(OSOOO)c2)NC(=O)C2CC(O)CN2C1=O. The van der Waals surface area contributed by atoms with Gasteiger partial charge >= 0.3 is 0 Å². The third-order valence-electron chi connectivity index (χ3n) is 17.7. The molecule has 4 saturated heterocycles. The van der Waals surface area contributed by atoms with Crippen LogP contribution in [0, 0.1) is 5.92 Å². The van der Waals surface area contributed by atoms with Gasteiger partial charge in [-0.15, -0.1) is 0 Å². The minimum Gasteiger partial charge on any atom is -0.504 e. The number of aliphatic hydroxyl groups is 7. The van der Waals surface area contributed by atoms with E-state index in [4.69, 9.17) is 34.7 Å². The first-order valence-corrected chi connectivity index (χ1v) is 34.0. The van der Waals surface area contributed by atoms with Crippen LogP contribution in [0.1, 0.15) is 94.7 Å². The molecule has 0 bridgehead atoms. The zero-order chi connectivity index (χ0) is 72.2. The number of fused-ring (bicyclic) bond motifs is 3. The molecule has 6 heterocycles. The molecular formula is C64H84N12O22S2. The van der Waals surface area contributed by atoms with Crippen LogP contribution in [0.5, 0.6) is 17.2 Å². The highest BCUT2D eigenvalue weighted by atomic mass is 32.2. The van der Waals surface area contributed by atoms with Crippen molar-refractivity contribution in [3.63, 3.8) is 0 Å². The predicted molar refractivity (Wildman–Crippen MR) is 353 cm³/mol. The first-order valence-electron chi connectivity index (χ1n) is 32.6. The zero-order valence-corrected chi connectivity index (χ0v) is 56.6. The molecule has 4 fully saturated rings. The van der Waals surface area contributed by atoms with Crippen LogP contribution in [0.3, 0.4) is 0 Å². The molecule has 0 radical (unpaired) electrons. The summed E-state index contributed by atoms with van der Waals surface area (Å²) in [7, 11) is 0. The summed E-state index contributed by atoms with van der Waals surface area (Å²) in [5.41, 5.74) is 6.97. The summed E-state index contributed by atoms with van der Waals surface area (Å²) in [5.74, 6) is -11.2.